The highest BCUT2D eigenvalue weighted by Crippen LogP contribution is 2.28. The first kappa shape index (κ1) is 13.5. The number of hydrogen-bond donors (Lipinski definition) is 1. The summed E-state index contributed by atoms with van der Waals surface area (Å²) in [7, 11) is 0. The highest BCUT2D eigenvalue weighted by atomic mass is 79.9. The Kier molecular flexibility index (Phi) is 3.75. The van der Waals surface area contributed by atoms with Gasteiger partial charge in [0, 0.05) is 15.1 Å². The van der Waals surface area contributed by atoms with E-state index >= 15 is 0 Å². The van der Waals surface area contributed by atoms with Gasteiger partial charge < -0.3 is 10.3 Å². The van der Waals surface area contributed by atoms with Gasteiger partial charge in [0.25, 0.3) is 5.89 Å². The third kappa shape index (κ3) is 2.74. The first-order valence-corrected chi connectivity index (χ1v) is 6.69. The minimum atomic E-state index is -0.586. The Morgan fingerprint density at radius 2 is 2.17 bits per heavy atom. The fraction of sp³-hybridized carbons (Fsp3) is 0.333. The van der Waals surface area contributed by atoms with E-state index in [0.717, 1.165) is 16.5 Å². The number of benzene rings is 1. The van der Waals surface area contributed by atoms with E-state index in [2.05, 4.69) is 26.1 Å². The molecule has 0 amide bonds. The zero-order chi connectivity index (χ0) is 13.3. The molecular formula is C12H13BrClN3O. The fourth-order valence-corrected chi connectivity index (χ4v) is 2.27. The monoisotopic (exact) mass is 329 g/mol. The maximum absolute atomic E-state index is 6.07. The summed E-state index contributed by atoms with van der Waals surface area (Å²) in [6.45, 7) is 3.85. The molecule has 6 heteroatoms. The van der Waals surface area contributed by atoms with E-state index in [9.17, 15) is 0 Å². The van der Waals surface area contributed by atoms with Gasteiger partial charge in [0.05, 0.1) is 5.54 Å². The molecule has 4 nitrogen and oxygen atoms in total. The van der Waals surface area contributed by atoms with Crippen LogP contribution in [0.15, 0.2) is 27.2 Å². The number of aromatic nitrogens is 2. The summed E-state index contributed by atoms with van der Waals surface area (Å²) in [5.41, 5.74) is 6.25. The van der Waals surface area contributed by atoms with Crippen LogP contribution in [0.4, 0.5) is 0 Å². The molecule has 0 aliphatic carbocycles. The van der Waals surface area contributed by atoms with E-state index in [4.69, 9.17) is 21.9 Å². The summed E-state index contributed by atoms with van der Waals surface area (Å²) in [5, 5.41) is 4.53. The zero-order valence-corrected chi connectivity index (χ0v) is 12.4. The summed E-state index contributed by atoms with van der Waals surface area (Å²) in [6.07, 6.45) is 0.727. The Morgan fingerprint density at radius 1 is 1.44 bits per heavy atom. The smallest absolute Gasteiger partial charge is 0.258 e. The largest absolute Gasteiger partial charge is 0.334 e. The van der Waals surface area contributed by atoms with Crippen molar-refractivity contribution < 1.29 is 4.52 Å². The Balaban J connectivity index is 2.41. The van der Waals surface area contributed by atoms with Crippen LogP contribution in [0.1, 0.15) is 26.1 Å². The molecule has 0 aliphatic rings. The molecule has 0 spiro atoms. The van der Waals surface area contributed by atoms with E-state index in [1.165, 1.54) is 0 Å². The highest BCUT2D eigenvalue weighted by molar-refractivity contribution is 9.10. The van der Waals surface area contributed by atoms with Gasteiger partial charge in [0.2, 0.25) is 0 Å². The average Bonchev–Trinajstić information content (AvgIpc) is 2.77. The number of hydrogen-bond acceptors (Lipinski definition) is 4. The maximum Gasteiger partial charge on any atom is 0.258 e. The molecule has 0 aliphatic heterocycles. The molecule has 1 heterocycles. The third-order valence-corrected chi connectivity index (χ3v) is 3.46. The van der Waals surface area contributed by atoms with Crippen LogP contribution in [0.2, 0.25) is 5.02 Å². The molecular weight excluding hydrogens is 318 g/mol. The average molecular weight is 331 g/mol. The molecule has 2 aromatic rings. The molecule has 18 heavy (non-hydrogen) atoms. The number of halogens is 2. The summed E-state index contributed by atoms with van der Waals surface area (Å²) < 4.78 is 6.09. The summed E-state index contributed by atoms with van der Waals surface area (Å²) >= 11 is 9.35. The van der Waals surface area contributed by atoms with E-state index in [-0.39, 0.29) is 0 Å². The van der Waals surface area contributed by atoms with Gasteiger partial charge in [-0.15, -0.1) is 0 Å². The van der Waals surface area contributed by atoms with Crippen LogP contribution in [-0.2, 0) is 5.54 Å². The molecule has 1 aromatic heterocycles. The molecule has 0 radical (unpaired) electrons. The standard InChI is InChI=1S/C12H13BrClN3O/c1-3-12(2,15)11-16-10(18-17-11)7-4-8(13)6-9(14)5-7/h4-6H,3,15H2,1-2H3. The molecule has 0 saturated carbocycles. The van der Waals surface area contributed by atoms with Gasteiger partial charge >= 0.3 is 0 Å². The lowest BCUT2D eigenvalue weighted by Gasteiger charge is -2.16. The quantitative estimate of drug-likeness (QED) is 0.931. The summed E-state index contributed by atoms with van der Waals surface area (Å²) in [5.74, 6) is 0.912. The molecule has 2 N–H and O–H groups in total. The molecule has 2 rings (SSSR count). The zero-order valence-electron chi connectivity index (χ0n) is 10.1. The van der Waals surface area contributed by atoms with Crippen LogP contribution >= 0.6 is 27.5 Å². The molecule has 0 bridgehead atoms. The van der Waals surface area contributed by atoms with Crippen molar-refractivity contribution in [3.05, 3.63) is 33.5 Å². The predicted octanol–water partition coefficient (Wildman–Crippen LogP) is 3.74. The maximum atomic E-state index is 6.07. The minimum absolute atomic E-state index is 0.415. The lowest BCUT2D eigenvalue weighted by molar-refractivity contribution is 0.379. The van der Waals surface area contributed by atoms with Crippen molar-refractivity contribution in [2.75, 3.05) is 0 Å². The van der Waals surface area contributed by atoms with Crippen LogP contribution in [0.5, 0.6) is 0 Å². The molecule has 96 valence electrons. The van der Waals surface area contributed by atoms with Crippen LogP contribution in [-0.4, -0.2) is 10.1 Å². The van der Waals surface area contributed by atoms with Gasteiger partial charge in [-0.2, -0.15) is 4.98 Å². The van der Waals surface area contributed by atoms with Crippen molar-refractivity contribution in [1.29, 1.82) is 0 Å². The molecule has 1 atom stereocenters. The van der Waals surface area contributed by atoms with Gasteiger partial charge in [-0.25, -0.2) is 0 Å². The first-order valence-electron chi connectivity index (χ1n) is 5.52. The van der Waals surface area contributed by atoms with Crippen molar-refractivity contribution in [3.63, 3.8) is 0 Å². The number of nitrogens with two attached hydrogens (primary N) is 1. The normalized spacial score (nSPS) is 14.5. The number of nitrogens with zero attached hydrogens (tertiary/aromatic N) is 2. The summed E-state index contributed by atoms with van der Waals surface area (Å²) in [4.78, 5) is 4.32. The van der Waals surface area contributed by atoms with E-state index in [1.807, 2.05) is 19.9 Å². The third-order valence-electron chi connectivity index (χ3n) is 2.78. The molecule has 1 unspecified atom stereocenters. The van der Waals surface area contributed by atoms with Crippen molar-refractivity contribution in [2.24, 2.45) is 5.73 Å². The molecule has 1 aromatic carbocycles. The highest BCUT2D eigenvalue weighted by Gasteiger charge is 2.25. The van der Waals surface area contributed by atoms with Gasteiger partial charge in [-0.3, -0.25) is 0 Å². The lowest BCUT2D eigenvalue weighted by atomic mass is 10.0. The van der Waals surface area contributed by atoms with E-state index in [0.29, 0.717) is 16.7 Å². The lowest BCUT2D eigenvalue weighted by Crippen LogP contribution is -2.33. The van der Waals surface area contributed by atoms with Crippen molar-refractivity contribution in [3.8, 4) is 11.5 Å². The Labute approximate surface area is 119 Å². The van der Waals surface area contributed by atoms with Gasteiger partial charge in [0.15, 0.2) is 5.82 Å². The van der Waals surface area contributed by atoms with Crippen LogP contribution in [0.3, 0.4) is 0 Å². The Hall–Kier alpha value is -0.910. The van der Waals surface area contributed by atoms with Crippen LogP contribution < -0.4 is 5.73 Å². The second-order valence-corrected chi connectivity index (χ2v) is 5.70. The van der Waals surface area contributed by atoms with Crippen LogP contribution in [0, 0.1) is 0 Å². The van der Waals surface area contributed by atoms with Gasteiger partial charge in [-0.05, 0) is 31.5 Å². The number of rotatable bonds is 3. The second kappa shape index (κ2) is 4.99. The summed E-state index contributed by atoms with van der Waals surface area (Å²) in [6, 6.07) is 5.42. The fourth-order valence-electron chi connectivity index (χ4n) is 1.41. The second-order valence-electron chi connectivity index (χ2n) is 4.35. The van der Waals surface area contributed by atoms with Gasteiger partial charge in [-0.1, -0.05) is 39.6 Å². The van der Waals surface area contributed by atoms with E-state index < -0.39 is 5.54 Å². The predicted molar refractivity (Wildman–Crippen MR) is 74.3 cm³/mol. The van der Waals surface area contributed by atoms with Crippen molar-refractivity contribution >= 4 is 27.5 Å². The van der Waals surface area contributed by atoms with E-state index in [1.54, 1.807) is 12.1 Å². The minimum Gasteiger partial charge on any atom is -0.334 e. The van der Waals surface area contributed by atoms with Crippen molar-refractivity contribution in [1.82, 2.24) is 10.1 Å². The molecule has 0 fully saturated rings. The molecule has 0 saturated heterocycles. The van der Waals surface area contributed by atoms with Gasteiger partial charge in [0.1, 0.15) is 0 Å². The Morgan fingerprint density at radius 3 is 2.78 bits per heavy atom. The Bertz CT molecular complexity index is 548. The van der Waals surface area contributed by atoms with Crippen molar-refractivity contribution in [2.45, 2.75) is 25.8 Å². The SMILES string of the molecule is CCC(C)(N)c1noc(-c2cc(Cl)cc(Br)c2)n1. The van der Waals surface area contributed by atoms with Crippen LogP contribution in [0.25, 0.3) is 11.5 Å². The first-order chi connectivity index (χ1) is 8.42. The topological polar surface area (TPSA) is 64.9 Å².